The number of benzene rings is 2. The third kappa shape index (κ3) is 3.88. The molecule has 31 heavy (non-hydrogen) atoms. The molecule has 2 aromatic carbocycles. The number of likely N-dealkylation sites (tertiary alicyclic amines) is 1. The van der Waals surface area contributed by atoms with Gasteiger partial charge in [0.2, 0.25) is 0 Å². The number of piperidine rings is 1. The van der Waals surface area contributed by atoms with Crippen molar-refractivity contribution in [3.8, 4) is 0 Å². The molecule has 1 aliphatic rings. The van der Waals surface area contributed by atoms with Crippen molar-refractivity contribution >= 4 is 27.8 Å². The molecule has 7 heteroatoms. The molecule has 160 valence electrons. The molecule has 4 aromatic rings. The van der Waals surface area contributed by atoms with E-state index in [0.29, 0.717) is 12.2 Å². The number of carbonyl (C=O) groups is 1. The number of aromatic nitrogens is 3. The first-order valence-corrected chi connectivity index (χ1v) is 10.9. The van der Waals surface area contributed by atoms with E-state index in [1.165, 1.54) is 5.56 Å². The van der Waals surface area contributed by atoms with Crippen LogP contribution in [0.2, 0.25) is 0 Å². The highest BCUT2D eigenvalue weighted by molar-refractivity contribution is 5.98. The highest BCUT2D eigenvalue weighted by Crippen LogP contribution is 2.24. The van der Waals surface area contributed by atoms with Gasteiger partial charge < -0.3 is 20.2 Å². The van der Waals surface area contributed by atoms with Crippen molar-refractivity contribution < 1.29 is 4.79 Å². The number of nitrogens with one attached hydrogen (secondary N) is 3. The van der Waals surface area contributed by atoms with E-state index in [-0.39, 0.29) is 17.6 Å². The fourth-order valence-electron chi connectivity index (χ4n) is 4.64. The number of nitrogens with zero attached hydrogens (tertiary/aromatic N) is 2. The van der Waals surface area contributed by atoms with Crippen LogP contribution < -0.4 is 11.0 Å². The van der Waals surface area contributed by atoms with E-state index < -0.39 is 0 Å². The summed E-state index contributed by atoms with van der Waals surface area (Å²) in [6, 6.07) is 16.1. The Balaban J connectivity index is 1.14. The Morgan fingerprint density at radius 1 is 1.06 bits per heavy atom. The van der Waals surface area contributed by atoms with Crippen LogP contribution in [0, 0.1) is 6.92 Å². The number of imidazole rings is 1. The second-order valence-electron chi connectivity index (χ2n) is 8.42. The van der Waals surface area contributed by atoms with Crippen molar-refractivity contribution in [1.82, 2.24) is 24.8 Å². The minimum atomic E-state index is -0.0749. The van der Waals surface area contributed by atoms with E-state index in [0.717, 1.165) is 54.4 Å². The van der Waals surface area contributed by atoms with Gasteiger partial charge in [-0.15, -0.1) is 0 Å². The Morgan fingerprint density at radius 3 is 2.71 bits per heavy atom. The van der Waals surface area contributed by atoms with Gasteiger partial charge in [-0.05, 0) is 50.1 Å². The van der Waals surface area contributed by atoms with Crippen molar-refractivity contribution in [3.05, 3.63) is 70.3 Å². The first kappa shape index (κ1) is 19.6. The Labute approximate surface area is 180 Å². The number of fused-ring (bicyclic) bond motifs is 2. The molecule has 0 unspecified atom stereocenters. The largest absolute Gasteiger partial charge is 0.351 e. The van der Waals surface area contributed by atoms with Crippen molar-refractivity contribution in [2.75, 3.05) is 26.2 Å². The van der Waals surface area contributed by atoms with E-state index in [9.17, 15) is 9.59 Å². The zero-order valence-electron chi connectivity index (χ0n) is 17.6. The molecule has 0 bridgehead atoms. The van der Waals surface area contributed by atoms with Crippen LogP contribution in [0.1, 0.15) is 34.9 Å². The molecule has 7 nitrogen and oxygen atoms in total. The van der Waals surface area contributed by atoms with Crippen LogP contribution >= 0.6 is 0 Å². The lowest BCUT2D eigenvalue weighted by atomic mass is 10.0. The van der Waals surface area contributed by atoms with Crippen LogP contribution in [-0.2, 0) is 0 Å². The highest BCUT2D eigenvalue weighted by atomic mass is 16.2. The Bertz CT molecular complexity index is 1290. The first-order chi connectivity index (χ1) is 15.1. The van der Waals surface area contributed by atoms with Crippen LogP contribution in [0.3, 0.4) is 0 Å². The molecule has 1 saturated heterocycles. The van der Waals surface area contributed by atoms with Crippen LogP contribution in [0.15, 0.2) is 53.3 Å². The number of aryl methyl sites for hydroxylation is 1. The molecule has 3 N–H and O–H groups in total. The van der Waals surface area contributed by atoms with E-state index in [4.69, 9.17) is 0 Å². The number of para-hydroxylation sites is 2. The molecule has 1 aliphatic heterocycles. The van der Waals surface area contributed by atoms with Gasteiger partial charge in [0.15, 0.2) is 0 Å². The van der Waals surface area contributed by atoms with Crippen LogP contribution in [0.25, 0.3) is 21.9 Å². The number of rotatable bonds is 5. The highest BCUT2D eigenvalue weighted by Gasteiger charge is 2.23. The quantitative estimate of drug-likeness (QED) is 0.466. The number of hydrogen-bond acceptors (Lipinski definition) is 3. The molecule has 1 fully saturated rings. The van der Waals surface area contributed by atoms with Crippen molar-refractivity contribution in [3.63, 3.8) is 0 Å². The smallest absolute Gasteiger partial charge is 0.326 e. The molecule has 1 amide bonds. The van der Waals surface area contributed by atoms with Crippen molar-refractivity contribution in [1.29, 1.82) is 0 Å². The fraction of sp³-hybridized carbons (Fsp3) is 0.333. The topological polar surface area (TPSA) is 85.9 Å². The predicted octanol–water partition coefficient (Wildman–Crippen LogP) is 3.19. The zero-order valence-corrected chi connectivity index (χ0v) is 17.6. The maximum Gasteiger partial charge on any atom is 0.326 e. The minimum absolute atomic E-state index is 0.0274. The monoisotopic (exact) mass is 417 g/mol. The summed E-state index contributed by atoms with van der Waals surface area (Å²) < 4.78 is 1.91. The van der Waals surface area contributed by atoms with Gasteiger partial charge in [0.05, 0.1) is 11.0 Å². The summed E-state index contributed by atoms with van der Waals surface area (Å²) in [7, 11) is 0. The summed E-state index contributed by atoms with van der Waals surface area (Å²) >= 11 is 0. The van der Waals surface area contributed by atoms with Crippen molar-refractivity contribution in [2.24, 2.45) is 0 Å². The third-order valence-corrected chi connectivity index (χ3v) is 6.28. The normalized spacial score (nSPS) is 15.6. The SMILES string of the molecule is Cc1ccc2[nH]c(C(=O)NCCN3CCC(n4c(=O)[nH]c5ccccc54)CC3)cc2c1. The van der Waals surface area contributed by atoms with Gasteiger partial charge in [-0.3, -0.25) is 9.36 Å². The molecular formula is C24H27N5O2. The maximum atomic E-state index is 12.5. The predicted molar refractivity (Wildman–Crippen MR) is 123 cm³/mol. The molecule has 0 radical (unpaired) electrons. The van der Waals surface area contributed by atoms with Gasteiger partial charge in [-0.1, -0.05) is 23.8 Å². The van der Waals surface area contributed by atoms with Gasteiger partial charge in [-0.2, -0.15) is 0 Å². The van der Waals surface area contributed by atoms with Gasteiger partial charge >= 0.3 is 5.69 Å². The Kier molecular flexibility index (Phi) is 5.11. The molecule has 2 aromatic heterocycles. The molecule has 3 heterocycles. The van der Waals surface area contributed by atoms with Gasteiger partial charge in [0, 0.05) is 43.1 Å². The zero-order chi connectivity index (χ0) is 21.4. The van der Waals surface area contributed by atoms with Gasteiger partial charge in [-0.25, -0.2) is 4.79 Å². The molecule has 0 atom stereocenters. The number of H-pyrrole nitrogens is 2. The summed E-state index contributed by atoms with van der Waals surface area (Å²) in [5.41, 5.74) is 4.59. The first-order valence-electron chi connectivity index (χ1n) is 10.9. The summed E-state index contributed by atoms with van der Waals surface area (Å²) in [4.78, 5) is 33.4. The van der Waals surface area contributed by atoms with Crippen LogP contribution in [0.5, 0.6) is 0 Å². The summed E-state index contributed by atoms with van der Waals surface area (Å²) in [5.74, 6) is -0.0749. The Morgan fingerprint density at radius 2 is 1.87 bits per heavy atom. The van der Waals surface area contributed by atoms with Gasteiger partial charge in [0.1, 0.15) is 5.69 Å². The average molecular weight is 418 g/mol. The Hall–Kier alpha value is -3.32. The third-order valence-electron chi connectivity index (χ3n) is 6.28. The fourth-order valence-corrected chi connectivity index (χ4v) is 4.64. The van der Waals surface area contributed by atoms with Crippen molar-refractivity contribution in [2.45, 2.75) is 25.8 Å². The second-order valence-corrected chi connectivity index (χ2v) is 8.42. The van der Waals surface area contributed by atoms with E-state index in [2.05, 4.69) is 26.3 Å². The lowest BCUT2D eigenvalue weighted by Gasteiger charge is -2.32. The van der Waals surface area contributed by atoms with Gasteiger partial charge in [0.25, 0.3) is 5.91 Å². The van der Waals surface area contributed by atoms with E-state index in [1.54, 1.807) is 0 Å². The second kappa shape index (κ2) is 8.07. The standard InChI is InChI=1S/C24H27N5O2/c1-16-6-7-19-17(14-16)15-21(26-19)23(30)25-10-13-28-11-8-18(9-12-28)29-22-5-3-2-4-20(22)27-24(29)31/h2-7,14-15,18,26H,8-13H2,1H3,(H,25,30)(H,27,31). The molecular weight excluding hydrogens is 390 g/mol. The number of aromatic amines is 2. The molecule has 0 spiro atoms. The molecule has 0 saturated carbocycles. The number of hydrogen-bond donors (Lipinski definition) is 3. The summed E-state index contributed by atoms with van der Waals surface area (Å²) in [6.45, 7) is 5.28. The van der Waals surface area contributed by atoms with Crippen LogP contribution in [0.4, 0.5) is 0 Å². The number of carbonyl (C=O) groups excluding carboxylic acids is 1. The van der Waals surface area contributed by atoms with Crippen LogP contribution in [-0.4, -0.2) is 51.5 Å². The lowest BCUT2D eigenvalue weighted by molar-refractivity contribution is 0.0940. The lowest BCUT2D eigenvalue weighted by Crippen LogP contribution is -2.41. The van der Waals surface area contributed by atoms with E-state index in [1.807, 2.05) is 54.0 Å². The van der Waals surface area contributed by atoms with E-state index >= 15 is 0 Å². The molecule has 5 rings (SSSR count). The summed E-state index contributed by atoms with van der Waals surface area (Å²) in [5, 5.41) is 4.08. The maximum absolute atomic E-state index is 12.5. The minimum Gasteiger partial charge on any atom is -0.351 e. The summed E-state index contributed by atoms with van der Waals surface area (Å²) in [6.07, 6.45) is 1.86. The molecule has 0 aliphatic carbocycles. The number of amides is 1. The average Bonchev–Trinajstić information content (AvgIpc) is 3.34.